The number of hydrogen-bond donors (Lipinski definition) is 1. The molecule has 1 aromatic heterocycles. The van der Waals surface area contributed by atoms with E-state index in [2.05, 4.69) is 22.9 Å². The molecule has 1 aromatic carbocycles. The molecule has 1 N–H and O–H groups in total. The van der Waals surface area contributed by atoms with Gasteiger partial charge < -0.3 is 14.6 Å². The van der Waals surface area contributed by atoms with E-state index in [9.17, 15) is 9.59 Å². The molecule has 0 aliphatic carbocycles. The van der Waals surface area contributed by atoms with Crippen LogP contribution in [0.25, 0.3) is 10.9 Å². The van der Waals surface area contributed by atoms with Gasteiger partial charge in [-0.15, -0.1) is 0 Å². The maximum Gasteiger partial charge on any atom is 0.256 e. The van der Waals surface area contributed by atoms with Gasteiger partial charge in [0.25, 0.3) is 5.91 Å². The zero-order chi connectivity index (χ0) is 16.0. The number of rotatable bonds is 3. The van der Waals surface area contributed by atoms with Gasteiger partial charge in [0.05, 0.1) is 11.6 Å². The Balaban J connectivity index is 1.69. The van der Waals surface area contributed by atoms with E-state index in [0.717, 1.165) is 31.4 Å². The molecule has 0 radical (unpaired) electrons. The summed E-state index contributed by atoms with van der Waals surface area (Å²) in [6.45, 7) is 3.33. The molecule has 0 saturated carbocycles. The molecule has 5 nitrogen and oxygen atoms in total. The van der Waals surface area contributed by atoms with Crippen LogP contribution in [0.1, 0.15) is 41.7 Å². The molecule has 0 spiro atoms. The molecule has 3 heterocycles. The number of nitrogens with zero attached hydrogens (tertiary/aromatic N) is 1. The molecule has 0 unspecified atom stereocenters. The molecular weight excluding hydrogens is 292 g/mol. The monoisotopic (exact) mass is 312 g/mol. The summed E-state index contributed by atoms with van der Waals surface area (Å²) in [5.74, 6) is -0.305. The number of carbonyl (C=O) groups excluding carboxylic acids is 1. The molecule has 120 valence electrons. The number of ether oxygens (including phenoxy) is 1. The predicted octanol–water partition coefficient (Wildman–Crippen LogP) is 2.03. The Bertz CT molecular complexity index is 834. The minimum absolute atomic E-state index is 0.0721. The van der Waals surface area contributed by atoms with Crippen LogP contribution in [-0.2, 0) is 11.2 Å². The number of amides is 1. The average Bonchev–Trinajstić information content (AvgIpc) is 3.17. The van der Waals surface area contributed by atoms with Gasteiger partial charge in [0.15, 0.2) is 0 Å². The lowest BCUT2D eigenvalue weighted by atomic mass is 10.1. The van der Waals surface area contributed by atoms with E-state index in [4.69, 9.17) is 4.74 Å². The number of carbonyl (C=O) groups is 1. The number of aromatic nitrogens is 1. The van der Waals surface area contributed by atoms with Gasteiger partial charge in [-0.25, -0.2) is 0 Å². The zero-order valence-corrected chi connectivity index (χ0v) is 13.2. The van der Waals surface area contributed by atoms with Crippen LogP contribution >= 0.6 is 0 Å². The fourth-order valence-electron chi connectivity index (χ4n) is 3.68. The number of nitrogens with one attached hydrogen (secondary N) is 1. The molecule has 2 aliphatic rings. The highest BCUT2D eigenvalue weighted by Gasteiger charge is 2.25. The third kappa shape index (κ3) is 2.36. The van der Waals surface area contributed by atoms with E-state index >= 15 is 0 Å². The van der Waals surface area contributed by atoms with E-state index in [-0.39, 0.29) is 29.0 Å². The Morgan fingerprint density at radius 1 is 1.43 bits per heavy atom. The quantitative estimate of drug-likeness (QED) is 0.943. The molecule has 2 atom stereocenters. The number of para-hydroxylation sites is 1. The lowest BCUT2D eigenvalue weighted by Crippen LogP contribution is -2.35. The first-order chi connectivity index (χ1) is 11.1. The Morgan fingerprint density at radius 3 is 3.09 bits per heavy atom. The number of hydrogen-bond acceptors (Lipinski definition) is 3. The molecular formula is C18H20N2O3. The van der Waals surface area contributed by atoms with Crippen LogP contribution in [0, 0.1) is 0 Å². The van der Waals surface area contributed by atoms with E-state index in [1.165, 1.54) is 5.56 Å². The lowest BCUT2D eigenvalue weighted by Gasteiger charge is -2.14. The summed E-state index contributed by atoms with van der Waals surface area (Å²) in [5, 5.41) is 3.49. The summed E-state index contributed by atoms with van der Waals surface area (Å²) >= 11 is 0. The molecule has 0 bridgehead atoms. The fraction of sp³-hybridized carbons (Fsp3) is 0.444. The van der Waals surface area contributed by atoms with E-state index in [0.29, 0.717) is 11.9 Å². The number of pyridine rings is 1. The van der Waals surface area contributed by atoms with Crippen molar-refractivity contribution in [1.82, 2.24) is 9.88 Å². The molecule has 2 aromatic rings. The van der Waals surface area contributed by atoms with E-state index < -0.39 is 0 Å². The normalized spacial score (nSPS) is 22.7. The Morgan fingerprint density at radius 2 is 2.30 bits per heavy atom. The zero-order valence-electron chi connectivity index (χ0n) is 13.2. The predicted molar refractivity (Wildman–Crippen MR) is 87.9 cm³/mol. The van der Waals surface area contributed by atoms with E-state index in [1.807, 2.05) is 12.1 Å². The molecule has 1 saturated heterocycles. The van der Waals surface area contributed by atoms with Crippen LogP contribution in [0.15, 0.2) is 29.2 Å². The second-order valence-electron chi connectivity index (χ2n) is 6.49. The van der Waals surface area contributed by atoms with Gasteiger partial charge in [-0.1, -0.05) is 12.1 Å². The van der Waals surface area contributed by atoms with Crippen molar-refractivity contribution in [2.24, 2.45) is 0 Å². The largest absolute Gasteiger partial charge is 0.376 e. The molecule has 4 rings (SSSR count). The van der Waals surface area contributed by atoms with Crippen molar-refractivity contribution < 1.29 is 9.53 Å². The summed E-state index contributed by atoms with van der Waals surface area (Å²) in [6, 6.07) is 6.03. The topological polar surface area (TPSA) is 60.3 Å². The SMILES string of the molecule is C[C@@H]1Cc2cccc3c(=O)c(C(=O)NC[C@@H]4CCCO4)cn1c23. The molecule has 1 fully saturated rings. The smallest absolute Gasteiger partial charge is 0.256 e. The Hall–Kier alpha value is -2.14. The first-order valence-corrected chi connectivity index (χ1v) is 8.21. The van der Waals surface area contributed by atoms with Crippen LogP contribution in [0.5, 0.6) is 0 Å². The third-order valence-corrected chi connectivity index (χ3v) is 4.88. The molecule has 5 heteroatoms. The highest BCUT2D eigenvalue weighted by Crippen LogP contribution is 2.30. The van der Waals surface area contributed by atoms with Gasteiger partial charge in [-0.2, -0.15) is 0 Å². The van der Waals surface area contributed by atoms with E-state index in [1.54, 1.807) is 6.20 Å². The van der Waals surface area contributed by atoms with Crippen molar-refractivity contribution in [2.75, 3.05) is 13.2 Å². The van der Waals surface area contributed by atoms with Gasteiger partial charge in [0.2, 0.25) is 5.43 Å². The summed E-state index contributed by atoms with van der Waals surface area (Å²) < 4.78 is 7.57. The van der Waals surface area contributed by atoms with Gasteiger partial charge in [-0.3, -0.25) is 9.59 Å². The van der Waals surface area contributed by atoms with Gasteiger partial charge >= 0.3 is 0 Å². The highest BCUT2D eigenvalue weighted by atomic mass is 16.5. The van der Waals surface area contributed by atoms with Crippen molar-refractivity contribution in [3.63, 3.8) is 0 Å². The fourth-order valence-corrected chi connectivity index (χ4v) is 3.68. The summed E-state index contributed by atoms with van der Waals surface area (Å²) in [5.41, 5.74) is 2.19. The summed E-state index contributed by atoms with van der Waals surface area (Å²) in [6.07, 6.45) is 4.68. The van der Waals surface area contributed by atoms with Crippen molar-refractivity contribution >= 4 is 16.8 Å². The van der Waals surface area contributed by atoms with Gasteiger partial charge in [0.1, 0.15) is 5.56 Å². The van der Waals surface area contributed by atoms with Crippen LogP contribution in [0.2, 0.25) is 0 Å². The van der Waals surface area contributed by atoms with Gasteiger partial charge in [-0.05, 0) is 37.8 Å². The van der Waals surface area contributed by atoms with Crippen LogP contribution < -0.4 is 10.7 Å². The average molecular weight is 312 g/mol. The summed E-state index contributed by atoms with van der Waals surface area (Å²) in [7, 11) is 0. The van der Waals surface area contributed by atoms with Crippen LogP contribution in [-0.4, -0.2) is 29.7 Å². The molecule has 1 amide bonds. The minimum atomic E-state index is -0.305. The highest BCUT2D eigenvalue weighted by molar-refractivity contribution is 5.98. The van der Waals surface area contributed by atoms with Crippen molar-refractivity contribution in [1.29, 1.82) is 0 Å². The summed E-state index contributed by atoms with van der Waals surface area (Å²) in [4.78, 5) is 25.2. The van der Waals surface area contributed by atoms with Crippen molar-refractivity contribution in [3.05, 3.63) is 45.7 Å². The maximum absolute atomic E-state index is 12.7. The van der Waals surface area contributed by atoms with Crippen LogP contribution in [0.4, 0.5) is 0 Å². The van der Waals surface area contributed by atoms with Crippen molar-refractivity contribution in [2.45, 2.75) is 38.3 Å². The number of benzene rings is 1. The Kier molecular flexibility index (Phi) is 3.45. The maximum atomic E-state index is 12.7. The second-order valence-corrected chi connectivity index (χ2v) is 6.49. The van der Waals surface area contributed by atoms with Crippen molar-refractivity contribution in [3.8, 4) is 0 Å². The first-order valence-electron chi connectivity index (χ1n) is 8.21. The Labute approximate surface area is 134 Å². The minimum Gasteiger partial charge on any atom is -0.376 e. The first kappa shape index (κ1) is 14.5. The molecule has 23 heavy (non-hydrogen) atoms. The lowest BCUT2D eigenvalue weighted by molar-refractivity contribution is 0.0856. The van der Waals surface area contributed by atoms with Gasteiger partial charge in [0, 0.05) is 30.8 Å². The second kappa shape index (κ2) is 5.49. The standard InChI is InChI=1S/C18H20N2O3/c1-11-8-12-4-2-6-14-16(12)20(11)10-15(17(14)21)18(22)19-9-13-5-3-7-23-13/h2,4,6,10-11,13H,3,5,7-9H2,1H3,(H,19,22)/t11-,13+/m1/s1. The molecule has 2 aliphatic heterocycles. The van der Waals surface area contributed by atoms with Crippen LogP contribution in [0.3, 0.4) is 0 Å². The third-order valence-electron chi connectivity index (χ3n) is 4.88.